The van der Waals surface area contributed by atoms with E-state index in [0.29, 0.717) is 10.9 Å². The molecule has 0 amide bonds. The molecule has 0 unspecified atom stereocenters. The molecular formula is C15H12N2O2. The average molecular weight is 252 g/mol. The van der Waals surface area contributed by atoms with Crippen LogP contribution in [0.2, 0.25) is 0 Å². The van der Waals surface area contributed by atoms with Crippen LogP contribution in [-0.4, -0.2) is 15.1 Å². The Morgan fingerprint density at radius 2 is 1.84 bits per heavy atom. The van der Waals surface area contributed by atoms with Crippen molar-refractivity contribution in [1.82, 2.24) is 9.97 Å². The molecule has 0 aliphatic heterocycles. The fraction of sp³-hybridized carbons (Fsp3) is 0.0667. The monoisotopic (exact) mass is 252 g/mol. The summed E-state index contributed by atoms with van der Waals surface area (Å²) in [5, 5.41) is 10.4. The van der Waals surface area contributed by atoms with Gasteiger partial charge < -0.3 is 10.1 Å². The van der Waals surface area contributed by atoms with E-state index in [0.717, 1.165) is 16.7 Å². The van der Waals surface area contributed by atoms with Gasteiger partial charge in [-0.2, -0.15) is 0 Å². The predicted octanol–water partition coefficient (Wildman–Crippen LogP) is 2.60. The van der Waals surface area contributed by atoms with Crippen molar-refractivity contribution in [3.63, 3.8) is 0 Å². The Hall–Kier alpha value is -2.62. The number of phenolic OH excluding ortho intramolecular Hbond substituents is 1. The normalized spacial score (nSPS) is 10.8. The van der Waals surface area contributed by atoms with Crippen molar-refractivity contribution in [3.05, 3.63) is 58.6 Å². The third kappa shape index (κ3) is 1.97. The Labute approximate surface area is 109 Å². The molecule has 0 atom stereocenters. The van der Waals surface area contributed by atoms with Crippen LogP contribution in [0.5, 0.6) is 5.75 Å². The fourth-order valence-corrected chi connectivity index (χ4v) is 2.07. The number of rotatable bonds is 1. The first kappa shape index (κ1) is 11.5. The smallest absolute Gasteiger partial charge is 0.258 e. The highest BCUT2D eigenvalue weighted by Gasteiger charge is 2.08. The zero-order valence-electron chi connectivity index (χ0n) is 10.3. The first-order chi connectivity index (χ1) is 9.15. The van der Waals surface area contributed by atoms with Crippen LogP contribution in [0.15, 0.2) is 47.5 Å². The Bertz CT molecular complexity index is 804. The molecule has 1 aromatic heterocycles. The van der Waals surface area contributed by atoms with E-state index < -0.39 is 0 Å². The summed E-state index contributed by atoms with van der Waals surface area (Å²) in [7, 11) is 0. The Balaban J connectivity index is 2.29. The average Bonchev–Trinajstić information content (AvgIpc) is 2.41. The van der Waals surface area contributed by atoms with E-state index in [-0.39, 0.29) is 11.3 Å². The summed E-state index contributed by atoms with van der Waals surface area (Å²) in [6.45, 7) is 2.01. The van der Waals surface area contributed by atoms with Gasteiger partial charge in [0.1, 0.15) is 11.3 Å². The van der Waals surface area contributed by atoms with Crippen LogP contribution in [0.3, 0.4) is 0 Å². The van der Waals surface area contributed by atoms with E-state index in [9.17, 15) is 9.90 Å². The first-order valence-electron chi connectivity index (χ1n) is 5.92. The summed E-state index contributed by atoms with van der Waals surface area (Å²) in [5.74, 6) is 0.0131. The van der Waals surface area contributed by atoms with Gasteiger partial charge in [-0.05, 0) is 30.2 Å². The van der Waals surface area contributed by atoms with Gasteiger partial charge in [-0.25, -0.2) is 4.98 Å². The van der Waals surface area contributed by atoms with Crippen molar-refractivity contribution in [2.45, 2.75) is 6.92 Å². The molecule has 0 aliphatic carbocycles. The predicted molar refractivity (Wildman–Crippen MR) is 74.2 cm³/mol. The van der Waals surface area contributed by atoms with Crippen molar-refractivity contribution in [2.24, 2.45) is 0 Å². The lowest BCUT2D eigenvalue weighted by Gasteiger charge is -2.05. The lowest BCUT2D eigenvalue weighted by Crippen LogP contribution is -2.06. The minimum atomic E-state index is -0.255. The second-order valence-corrected chi connectivity index (χ2v) is 4.49. The Kier molecular flexibility index (Phi) is 2.56. The molecule has 19 heavy (non-hydrogen) atoms. The van der Waals surface area contributed by atoms with E-state index in [4.69, 9.17) is 0 Å². The van der Waals surface area contributed by atoms with Gasteiger partial charge in [0.05, 0.1) is 11.7 Å². The first-order valence-corrected chi connectivity index (χ1v) is 5.92. The Morgan fingerprint density at radius 1 is 1.11 bits per heavy atom. The number of aromatic amines is 1. The quantitative estimate of drug-likeness (QED) is 0.699. The largest absolute Gasteiger partial charge is 0.506 e. The number of H-pyrrole nitrogens is 1. The van der Waals surface area contributed by atoms with Gasteiger partial charge in [0, 0.05) is 0 Å². The maximum atomic E-state index is 11.8. The molecule has 3 aromatic rings. The van der Waals surface area contributed by atoms with E-state index >= 15 is 0 Å². The van der Waals surface area contributed by atoms with Gasteiger partial charge in [0.15, 0.2) is 0 Å². The second kappa shape index (κ2) is 4.24. The highest BCUT2D eigenvalue weighted by Crippen LogP contribution is 2.28. The molecule has 4 heteroatoms. The van der Waals surface area contributed by atoms with E-state index in [2.05, 4.69) is 9.97 Å². The summed E-state index contributed by atoms with van der Waals surface area (Å²) in [6, 6.07) is 11.3. The maximum absolute atomic E-state index is 11.8. The standard InChI is InChI=1S/C15H12N2O2/c1-9-2-4-10(5-3-9)11-6-12-14(13(18)7-11)16-8-17-15(12)19/h2-8,18H,1H3,(H,16,17,19). The van der Waals surface area contributed by atoms with Gasteiger partial charge >= 0.3 is 0 Å². The number of fused-ring (bicyclic) bond motifs is 1. The molecule has 3 rings (SSSR count). The van der Waals surface area contributed by atoms with Gasteiger partial charge in [0.2, 0.25) is 0 Å². The van der Waals surface area contributed by atoms with Gasteiger partial charge in [-0.1, -0.05) is 29.8 Å². The van der Waals surface area contributed by atoms with Crippen LogP contribution in [-0.2, 0) is 0 Å². The van der Waals surface area contributed by atoms with Crippen LogP contribution in [0, 0.1) is 6.92 Å². The maximum Gasteiger partial charge on any atom is 0.258 e. The molecular weight excluding hydrogens is 240 g/mol. The number of aromatic nitrogens is 2. The lowest BCUT2D eigenvalue weighted by molar-refractivity contribution is 0.480. The zero-order chi connectivity index (χ0) is 13.4. The Morgan fingerprint density at radius 3 is 2.58 bits per heavy atom. The van der Waals surface area contributed by atoms with E-state index in [1.807, 2.05) is 31.2 Å². The number of hydrogen-bond donors (Lipinski definition) is 2. The summed E-state index contributed by atoms with van der Waals surface area (Å²) >= 11 is 0. The van der Waals surface area contributed by atoms with Crippen molar-refractivity contribution in [2.75, 3.05) is 0 Å². The highest BCUT2D eigenvalue weighted by atomic mass is 16.3. The molecule has 0 radical (unpaired) electrons. The molecule has 0 saturated carbocycles. The fourth-order valence-electron chi connectivity index (χ4n) is 2.07. The van der Waals surface area contributed by atoms with Gasteiger partial charge in [0.25, 0.3) is 5.56 Å². The van der Waals surface area contributed by atoms with Crippen LogP contribution >= 0.6 is 0 Å². The molecule has 0 saturated heterocycles. The van der Waals surface area contributed by atoms with Crippen molar-refractivity contribution < 1.29 is 5.11 Å². The molecule has 2 N–H and O–H groups in total. The van der Waals surface area contributed by atoms with E-state index in [1.54, 1.807) is 12.1 Å². The van der Waals surface area contributed by atoms with Crippen LogP contribution in [0.4, 0.5) is 0 Å². The number of aromatic hydroxyl groups is 1. The molecule has 94 valence electrons. The third-order valence-corrected chi connectivity index (χ3v) is 3.11. The van der Waals surface area contributed by atoms with Crippen LogP contribution < -0.4 is 5.56 Å². The zero-order valence-corrected chi connectivity index (χ0v) is 10.3. The van der Waals surface area contributed by atoms with E-state index in [1.165, 1.54) is 6.33 Å². The highest BCUT2D eigenvalue weighted by molar-refractivity contribution is 5.88. The number of aryl methyl sites for hydroxylation is 1. The molecule has 1 heterocycles. The van der Waals surface area contributed by atoms with Crippen molar-refractivity contribution in [1.29, 1.82) is 0 Å². The molecule has 0 spiro atoms. The molecule has 0 bridgehead atoms. The van der Waals surface area contributed by atoms with Crippen LogP contribution in [0.25, 0.3) is 22.0 Å². The number of benzene rings is 2. The molecule has 2 aromatic carbocycles. The molecule has 0 fully saturated rings. The second-order valence-electron chi connectivity index (χ2n) is 4.49. The molecule has 0 aliphatic rings. The van der Waals surface area contributed by atoms with Gasteiger partial charge in [-0.3, -0.25) is 4.79 Å². The number of phenols is 1. The third-order valence-electron chi connectivity index (χ3n) is 3.11. The van der Waals surface area contributed by atoms with Crippen molar-refractivity contribution in [3.8, 4) is 16.9 Å². The minimum Gasteiger partial charge on any atom is -0.506 e. The summed E-state index contributed by atoms with van der Waals surface area (Å²) in [6.07, 6.45) is 1.29. The van der Waals surface area contributed by atoms with Crippen LogP contribution in [0.1, 0.15) is 5.56 Å². The summed E-state index contributed by atoms with van der Waals surface area (Å²) < 4.78 is 0. The van der Waals surface area contributed by atoms with Gasteiger partial charge in [-0.15, -0.1) is 0 Å². The minimum absolute atomic E-state index is 0.0131. The molecule has 4 nitrogen and oxygen atoms in total. The topological polar surface area (TPSA) is 66.0 Å². The summed E-state index contributed by atoms with van der Waals surface area (Å²) in [4.78, 5) is 18.3. The van der Waals surface area contributed by atoms with Crippen molar-refractivity contribution >= 4 is 10.9 Å². The number of nitrogens with one attached hydrogen (secondary N) is 1. The number of nitrogens with zero attached hydrogens (tertiary/aromatic N) is 1. The number of hydrogen-bond acceptors (Lipinski definition) is 3. The lowest BCUT2D eigenvalue weighted by atomic mass is 10.0. The SMILES string of the molecule is Cc1ccc(-c2cc(O)c3nc[nH]c(=O)c3c2)cc1. The summed E-state index contributed by atoms with van der Waals surface area (Å²) in [5.41, 5.74) is 2.97.